The number of anilines is 2. The number of hydrogen-bond acceptors (Lipinski definition) is 8. The van der Waals surface area contributed by atoms with Crippen molar-refractivity contribution in [2.24, 2.45) is 13.0 Å². The zero-order valence-corrected chi connectivity index (χ0v) is 20.8. The normalized spacial score (nSPS) is 18.0. The lowest BCUT2D eigenvalue weighted by molar-refractivity contribution is 0.251. The molecule has 9 heteroatoms. The Morgan fingerprint density at radius 2 is 2.11 bits per heavy atom. The summed E-state index contributed by atoms with van der Waals surface area (Å²) in [5, 5.41) is 19.7. The van der Waals surface area contributed by atoms with E-state index in [0.717, 1.165) is 45.5 Å². The zero-order chi connectivity index (χ0) is 24.7. The van der Waals surface area contributed by atoms with Gasteiger partial charge in [-0.3, -0.25) is 10.4 Å². The molecule has 3 aromatic rings. The molecule has 1 saturated heterocycles. The quantitative estimate of drug-likeness (QED) is 0.574. The van der Waals surface area contributed by atoms with Gasteiger partial charge in [0.1, 0.15) is 17.9 Å². The number of nitrogens with zero attached hydrogens (tertiary/aromatic N) is 7. The largest absolute Gasteiger partial charge is 0.492 e. The van der Waals surface area contributed by atoms with Crippen LogP contribution < -0.4 is 15.1 Å². The fraction of sp³-hybridized carbons (Fsp3) is 0.385. The third-order valence-corrected chi connectivity index (χ3v) is 6.87. The number of aryl methyl sites for hydroxylation is 2. The molecule has 1 fully saturated rings. The minimum atomic E-state index is -0.249. The Labute approximate surface area is 205 Å². The molecule has 1 unspecified atom stereocenters. The second-order valence-electron chi connectivity index (χ2n) is 9.57. The molecule has 0 amide bonds. The van der Waals surface area contributed by atoms with E-state index in [1.54, 1.807) is 6.33 Å². The lowest BCUT2D eigenvalue weighted by atomic mass is 9.77. The summed E-state index contributed by atoms with van der Waals surface area (Å²) in [4.78, 5) is 7.15. The average molecular weight is 471 g/mol. The van der Waals surface area contributed by atoms with Crippen molar-refractivity contribution in [3.05, 3.63) is 53.6 Å². The van der Waals surface area contributed by atoms with Crippen LogP contribution in [0.5, 0.6) is 5.75 Å². The van der Waals surface area contributed by atoms with E-state index in [1.807, 2.05) is 54.9 Å². The molecule has 35 heavy (non-hydrogen) atoms. The van der Waals surface area contributed by atoms with Gasteiger partial charge in [0.05, 0.1) is 36.4 Å². The third-order valence-electron chi connectivity index (χ3n) is 6.87. The average Bonchev–Trinajstić information content (AvgIpc) is 3.26. The van der Waals surface area contributed by atoms with Crippen molar-refractivity contribution in [1.29, 1.82) is 5.26 Å². The number of aromatic nitrogens is 4. The molecule has 2 aliphatic heterocycles. The third kappa shape index (κ3) is 3.95. The lowest BCUT2D eigenvalue weighted by Gasteiger charge is -2.53. The van der Waals surface area contributed by atoms with Crippen LogP contribution >= 0.6 is 0 Å². The fourth-order valence-electron chi connectivity index (χ4n) is 4.72. The molecule has 4 heterocycles. The fourth-order valence-corrected chi connectivity index (χ4v) is 4.72. The van der Waals surface area contributed by atoms with Crippen LogP contribution in [0.25, 0.3) is 17.5 Å². The van der Waals surface area contributed by atoms with Crippen molar-refractivity contribution in [3.63, 3.8) is 0 Å². The highest BCUT2D eigenvalue weighted by Gasteiger charge is 2.48. The van der Waals surface area contributed by atoms with Crippen molar-refractivity contribution in [2.75, 3.05) is 23.5 Å². The second-order valence-corrected chi connectivity index (χ2v) is 9.57. The Hall–Kier alpha value is -4.06. The number of hydrazine groups is 1. The number of nitrogens with one attached hydrogen (secondary N) is 1. The van der Waals surface area contributed by atoms with E-state index in [4.69, 9.17) is 9.72 Å². The van der Waals surface area contributed by atoms with Crippen molar-refractivity contribution in [2.45, 2.75) is 39.8 Å². The summed E-state index contributed by atoms with van der Waals surface area (Å²) in [5.41, 5.74) is 8.32. The van der Waals surface area contributed by atoms with E-state index in [1.165, 1.54) is 0 Å². The molecule has 9 nitrogen and oxygen atoms in total. The van der Waals surface area contributed by atoms with Gasteiger partial charge in [0, 0.05) is 36.6 Å². The second kappa shape index (κ2) is 8.62. The molecule has 0 radical (unpaired) electrons. The van der Waals surface area contributed by atoms with Gasteiger partial charge in [-0.15, -0.1) is 10.2 Å². The van der Waals surface area contributed by atoms with Crippen LogP contribution in [0, 0.1) is 24.2 Å². The number of benzene rings is 1. The van der Waals surface area contributed by atoms with E-state index in [9.17, 15) is 5.26 Å². The Morgan fingerprint density at radius 1 is 1.29 bits per heavy atom. The van der Waals surface area contributed by atoms with Gasteiger partial charge < -0.3 is 14.2 Å². The summed E-state index contributed by atoms with van der Waals surface area (Å²) in [6.45, 7) is 10.1. The van der Waals surface area contributed by atoms with Crippen LogP contribution in [0.1, 0.15) is 37.6 Å². The molecular weight excluding hydrogens is 440 g/mol. The smallest absolute Gasteiger partial charge is 0.163 e. The molecular formula is C26H30N8O. The van der Waals surface area contributed by atoms with Crippen molar-refractivity contribution >= 4 is 17.6 Å². The van der Waals surface area contributed by atoms with Crippen LogP contribution in [0.2, 0.25) is 0 Å². The Balaban J connectivity index is 1.43. The highest BCUT2D eigenvalue weighted by Crippen LogP contribution is 2.42. The van der Waals surface area contributed by atoms with E-state index < -0.39 is 0 Å². The number of pyridine rings is 1. The van der Waals surface area contributed by atoms with Gasteiger partial charge in [-0.05, 0) is 63.6 Å². The number of hydrogen-bond donors (Lipinski definition) is 1. The molecule has 0 spiro atoms. The summed E-state index contributed by atoms with van der Waals surface area (Å²) >= 11 is 0. The molecule has 2 aliphatic rings. The number of rotatable bonds is 6. The first kappa shape index (κ1) is 22.7. The summed E-state index contributed by atoms with van der Waals surface area (Å²) in [5.74, 6) is 2.48. The van der Waals surface area contributed by atoms with Gasteiger partial charge in [-0.2, -0.15) is 5.26 Å². The molecule has 0 aliphatic carbocycles. The van der Waals surface area contributed by atoms with E-state index in [2.05, 4.69) is 52.6 Å². The Kier molecular flexibility index (Phi) is 5.59. The molecule has 180 valence electrons. The summed E-state index contributed by atoms with van der Waals surface area (Å²) in [7, 11) is 1.92. The molecule has 1 aromatic carbocycles. The maximum atomic E-state index is 9.50. The predicted molar refractivity (Wildman–Crippen MR) is 135 cm³/mol. The van der Waals surface area contributed by atoms with E-state index in [-0.39, 0.29) is 11.5 Å². The monoisotopic (exact) mass is 470 g/mol. The van der Waals surface area contributed by atoms with E-state index in [0.29, 0.717) is 19.7 Å². The number of fused-ring (bicyclic) bond motifs is 1. The van der Waals surface area contributed by atoms with Crippen LogP contribution in [-0.2, 0) is 13.6 Å². The van der Waals surface area contributed by atoms with Crippen LogP contribution in [0.3, 0.4) is 0 Å². The first-order valence-corrected chi connectivity index (χ1v) is 11.8. The Morgan fingerprint density at radius 3 is 2.80 bits per heavy atom. The van der Waals surface area contributed by atoms with Crippen molar-refractivity contribution in [1.82, 2.24) is 24.8 Å². The SMILES string of the molecule is CCOc1cc(-c2nncn2C)ccc1NN1C=Cc2cc(C)nc(N3CC(C#N)C3(C)C)c2C1. The predicted octanol–water partition coefficient (Wildman–Crippen LogP) is 4.14. The first-order valence-electron chi connectivity index (χ1n) is 11.8. The maximum Gasteiger partial charge on any atom is 0.163 e. The molecule has 2 aromatic heterocycles. The summed E-state index contributed by atoms with van der Waals surface area (Å²) < 4.78 is 7.84. The van der Waals surface area contributed by atoms with E-state index >= 15 is 0 Å². The number of nitriles is 1. The lowest BCUT2D eigenvalue weighted by Crippen LogP contribution is -2.64. The summed E-state index contributed by atoms with van der Waals surface area (Å²) in [6, 6.07) is 10.5. The van der Waals surface area contributed by atoms with Crippen LogP contribution in [-0.4, -0.2) is 43.4 Å². The molecule has 1 atom stereocenters. The van der Waals surface area contributed by atoms with Gasteiger partial charge in [0.25, 0.3) is 0 Å². The number of ether oxygens (including phenoxy) is 1. The summed E-state index contributed by atoms with van der Waals surface area (Å²) in [6.07, 6.45) is 5.83. The van der Waals surface area contributed by atoms with Gasteiger partial charge in [0.2, 0.25) is 0 Å². The molecule has 1 N–H and O–H groups in total. The van der Waals surface area contributed by atoms with Crippen LogP contribution in [0.15, 0.2) is 36.8 Å². The molecule has 0 saturated carbocycles. The van der Waals surface area contributed by atoms with Crippen LogP contribution in [0.4, 0.5) is 11.5 Å². The first-order chi connectivity index (χ1) is 16.8. The van der Waals surface area contributed by atoms with Gasteiger partial charge in [-0.25, -0.2) is 4.98 Å². The van der Waals surface area contributed by atoms with Gasteiger partial charge in [0.15, 0.2) is 5.82 Å². The van der Waals surface area contributed by atoms with Gasteiger partial charge >= 0.3 is 0 Å². The zero-order valence-electron chi connectivity index (χ0n) is 20.8. The minimum Gasteiger partial charge on any atom is -0.492 e. The topological polar surface area (TPSA) is 95.1 Å². The Bertz CT molecular complexity index is 1340. The highest BCUT2D eigenvalue weighted by atomic mass is 16.5. The minimum absolute atomic E-state index is 0.00462. The standard InChI is InChI=1S/C26H30N8O/c1-6-35-23-12-19(24-30-28-16-32(24)5)7-8-22(23)31-33-10-9-18-11-17(2)29-25(21(18)15-33)34-14-20(13-27)26(34,3)4/h7-12,16,20,31H,6,14-15H2,1-5H3. The van der Waals surface area contributed by atoms with Crippen molar-refractivity contribution in [3.8, 4) is 23.2 Å². The molecule has 5 rings (SSSR count). The molecule has 0 bridgehead atoms. The van der Waals surface area contributed by atoms with Crippen molar-refractivity contribution < 1.29 is 4.74 Å². The van der Waals surface area contributed by atoms with Gasteiger partial charge in [-0.1, -0.05) is 0 Å². The maximum absolute atomic E-state index is 9.50. The highest BCUT2D eigenvalue weighted by molar-refractivity contribution is 5.69.